The minimum atomic E-state index is -1.15. The monoisotopic (exact) mass is 395 g/mol. The summed E-state index contributed by atoms with van der Waals surface area (Å²) >= 11 is 0. The fourth-order valence-corrected chi connectivity index (χ4v) is 2.70. The van der Waals surface area contributed by atoms with Gasteiger partial charge in [-0.05, 0) is 29.8 Å². The van der Waals surface area contributed by atoms with Gasteiger partial charge in [0.15, 0.2) is 5.69 Å². The number of nitrogens with one attached hydrogen (secondary N) is 2. The summed E-state index contributed by atoms with van der Waals surface area (Å²) in [5.41, 5.74) is 6.54. The summed E-state index contributed by atoms with van der Waals surface area (Å²) in [5.74, 6) is -2.38. The maximum Gasteiger partial charge on any atom is 0.337 e. The number of carboxylic acid groups (broad SMARTS) is 1. The largest absolute Gasteiger partial charge is 0.492 e. The van der Waals surface area contributed by atoms with E-state index in [0.29, 0.717) is 5.69 Å². The number of rotatable bonds is 6. The first-order chi connectivity index (χ1) is 13.8. The van der Waals surface area contributed by atoms with Gasteiger partial charge in [-0.1, -0.05) is 24.3 Å². The van der Waals surface area contributed by atoms with E-state index < -0.39 is 23.8 Å². The molecule has 0 bridgehead atoms. The molecule has 0 atom stereocenters. The van der Waals surface area contributed by atoms with Crippen molar-refractivity contribution in [2.75, 3.05) is 10.6 Å². The number of nitrogens with zero attached hydrogens (tertiary/aromatic N) is 2. The summed E-state index contributed by atoms with van der Waals surface area (Å²) in [6.07, 6.45) is 1.30. The molecule has 0 aliphatic carbocycles. The number of aromatic carboxylic acids is 1. The molecule has 10 nitrogen and oxygen atoms in total. The Morgan fingerprint density at radius 3 is 2.38 bits per heavy atom. The lowest BCUT2D eigenvalue weighted by atomic mass is 10.2. The molecule has 10 heteroatoms. The van der Waals surface area contributed by atoms with Crippen molar-refractivity contribution in [1.29, 1.82) is 0 Å². The zero-order valence-electron chi connectivity index (χ0n) is 15.0. The third kappa shape index (κ3) is 4.50. The zero-order chi connectivity index (χ0) is 21.0. The first-order valence-electron chi connectivity index (χ1n) is 8.38. The molecule has 0 saturated heterocycles. The number of imidazole rings is 1. The van der Waals surface area contributed by atoms with Gasteiger partial charge < -0.3 is 31.1 Å². The van der Waals surface area contributed by atoms with Crippen molar-refractivity contribution in [1.82, 2.24) is 9.55 Å². The molecular weight excluding hydrogens is 378 g/mol. The van der Waals surface area contributed by atoms with Crippen molar-refractivity contribution in [2.24, 2.45) is 5.73 Å². The number of carbonyl (C=O) groups is 3. The average Bonchev–Trinajstić information content (AvgIpc) is 3.04. The third-order valence-corrected chi connectivity index (χ3v) is 4.02. The number of nitrogens with two attached hydrogens (primary N) is 1. The van der Waals surface area contributed by atoms with Crippen LogP contribution in [0, 0.1) is 0 Å². The van der Waals surface area contributed by atoms with E-state index in [0.717, 1.165) is 5.56 Å². The zero-order valence-corrected chi connectivity index (χ0v) is 15.0. The van der Waals surface area contributed by atoms with Gasteiger partial charge in [0, 0.05) is 12.2 Å². The van der Waals surface area contributed by atoms with Crippen LogP contribution >= 0.6 is 0 Å². The van der Waals surface area contributed by atoms with Crippen molar-refractivity contribution in [3.63, 3.8) is 0 Å². The van der Waals surface area contributed by atoms with Crippen LogP contribution in [0.15, 0.2) is 54.9 Å². The number of para-hydroxylation sites is 1. The molecule has 148 valence electrons. The van der Waals surface area contributed by atoms with E-state index in [4.69, 9.17) is 10.8 Å². The lowest BCUT2D eigenvalue weighted by Gasteiger charge is -2.11. The number of hydrogen-bond donors (Lipinski definition) is 5. The van der Waals surface area contributed by atoms with E-state index in [1.807, 2.05) is 0 Å². The highest BCUT2D eigenvalue weighted by molar-refractivity contribution is 6.04. The molecule has 3 aromatic rings. The van der Waals surface area contributed by atoms with Crippen LogP contribution in [0.4, 0.5) is 16.2 Å². The fourth-order valence-electron chi connectivity index (χ4n) is 2.70. The lowest BCUT2D eigenvalue weighted by molar-refractivity contribution is 0.0697. The molecule has 0 fully saturated rings. The van der Waals surface area contributed by atoms with Crippen LogP contribution in [0.2, 0.25) is 0 Å². The molecule has 29 heavy (non-hydrogen) atoms. The minimum absolute atomic E-state index is 0.0214. The number of carboxylic acids is 1. The smallest absolute Gasteiger partial charge is 0.337 e. The second kappa shape index (κ2) is 8.13. The molecular formula is C19H17N5O5. The van der Waals surface area contributed by atoms with E-state index in [-0.39, 0.29) is 23.5 Å². The van der Waals surface area contributed by atoms with E-state index in [2.05, 4.69) is 15.6 Å². The van der Waals surface area contributed by atoms with Crippen LogP contribution in [-0.4, -0.2) is 37.7 Å². The molecule has 3 amide bonds. The number of carbonyl (C=O) groups excluding carboxylic acids is 2. The summed E-state index contributed by atoms with van der Waals surface area (Å²) < 4.78 is 1.41. The van der Waals surface area contributed by atoms with Crippen molar-refractivity contribution in [2.45, 2.75) is 6.54 Å². The number of aromatic hydroxyl groups is 1. The van der Waals surface area contributed by atoms with E-state index in [1.54, 1.807) is 36.4 Å². The van der Waals surface area contributed by atoms with E-state index in [1.165, 1.54) is 23.0 Å². The highest BCUT2D eigenvalue weighted by atomic mass is 16.4. The van der Waals surface area contributed by atoms with Gasteiger partial charge in [0.25, 0.3) is 5.91 Å². The number of primary amides is 1. The summed E-state index contributed by atoms with van der Waals surface area (Å²) in [6.45, 7) is 0.240. The molecule has 0 saturated carbocycles. The maximum atomic E-state index is 12.1. The fraction of sp³-hybridized carbons (Fsp3) is 0.0526. The van der Waals surface area contributed by atoms with Gasteiger partial charge >= 0.3 is 12.0 Å². The lowest BCUT2D eigenvalue weighted by Crippen LogP contribution is -2.21. The molecule has 0 aliphatic heterocycles. The molecule has 0 radical (unpaired) electrons. The van der Waals surface area contributed by atoms with Crippen LogP contribution in [0.1, 0.15) is 26.4 Å². The number of urea groups is 1. The van der Waals surface area contributed by atoms with E-state index >= 15 is 0 Å². The summed E-state index contributed by atoms with van der Waals surface area (Å²) in [7, 11) is 0. The highest BCUT2D eigenvalue weighted by Crippen LogP contribution is 2.18. The Balaban J connectivity index is 1.66. The Morgan fingerprint density at radius 2 is 1.72 bits per heavy atom. The predicted molar refractivity (Wildman–Crippen MR) is 104 cm³/mol. The summed E-state index contributed by atoms with van der Waals surface area (Å²) in [4.78, 5) is 38.4. The van der Waals surface area contributed by atoms with Gasteiger partial charge in [0.05, 0.1) is 17.6 Å². The van der Waals surface area contributed by atoms with Gasteiger partial charge in [0.2, 0.25) is 5.88 Å². The molecule has 0 aliphatic rings. The Morgan fingerprint density at radius 1 is 1.03 bits per heavy atom. The molecule has 3 rings (SSSR count). The van der Waals surface area contributed by atoms with Crippen LogP contribution < -0.4 is 16.4 Å². The average molecular weight is 395 g/mol. The summed E-state index contributed by atoms with van der Waals surface area (Å²) in [5, 5.41) is 23.8. The first kappa shape index (κ1) is 19.4. The van der Waals surface area contributed by atoms with E-state index in [9.17, 15) is 19.5 Å². The molecule has 2 aromatic carbocycles. The number of anilines is 2. The van der Waals surface area contributed by atoms with Gasteiger partial charge in [0.1, 0.15) is 0 Å². The van der Waals surface area contributed by atoms with Gasteiger partial charge in [-0.15, -0.1) is 0 Å². The van der Waals surface area contributed by atoms with Crippen molar-refractivity contribution in [3.8, 4) is 5.88 Å². The first-order valence-corrected chi connectivity index (χ1v) is 8.38. The molecule has 0 unspecified atom stereocenters. The van der Waals surface area contributed by atoms with Crippen molar-refractivity contribution >= 4 is 29.3 Å². The Bertz CT molecular complexity index is 1070. The molecule has 0 spiro atoms. The summed E-state index contributed by atoms with van der Waals surface area (Å²) in [6, 6.07) is 12.2. The van der Waals surface area contributed by atoms with Crippen molar-refractivity contribution in [3.05, 3.63) is 71.7 Å². The standard InChI is InChI=1S/C19H17N5O5/c20-16(25)15-17(26)21-10-24(15)9-11-5-7-12(8-6-11)22-19(29)23-14-4-2-1-3-13(14)18(27)28/h1-8,10,26H,9H2,(H2,20,25)(H,27,28)(H2,22,23,29). The Kier molecular flexibility index (Phi) is 5.44. The van der Waals surface area contributed by atoms with Gasteiger partial charge in [-0.25, -0.2) is 14.6 Å². The topological polar surface area (TPSA) is 160 Å². The Labute approximate surface area is 164 Å². The molecule has 1 aromatic heterocycles. The minimum Gasteiger partial charge on any atom is -0.492 e. The highest BCUT2D eigenvalue weighted by Gasteiger charge is 2.16. The number of aromatic nitrogens is 2. The molecule has 6 N–H and O–H groups in total. The number of hydrogen-bond acceptors (Lipinski definition) is 5. The SMILES string of the molecule is NC(=O)c1c(O)ncn1Cc1ccc(NC(=O)Nc2ccccc2C(=O)O)cc1. The van der Waals surface area contributed by atoms with Gasteiger partial charge in [-0.2, -0.15) is 0 Å². The quantitative estimate of drug-likeness (QED) is 0.429. The van der Waals surface area contributed by atoms with Crippen LogP contribution in [-0.2, 0) is 6.54 Å². The second-order valence-corrected chi connectivity index (χ2v) is 6.04. The van der Waals surface area contributed by atoms with Crippen LogP contribution in [0.25, 0.3) is 0 Å². The number of benzene rings is 2. The predicted octanol–water partition coefficient (Wildman–Crippen LogP) is 2.08. The van der Waals surface area contributed by atoms with Crippen LogP contribution in [0.3, 0.4) is 0 Å². The Hall–Kier alpha value is -4.34. The maximum absolute atomic E-state index is 12.1. The second-order valence-electron chi connectivity index (χ2n) is 6.04. The number of amides is 3. The third-order valence-electron chi connectivity index (χ3n) is 4.02. The van der Waals surface area contributed by atoms with Crippen molar-refractivity contribution < 1.29 is 24.6 Å². The normalized spacial score (nSPS) is 10.3. The van der Waals surface area contributed by atoms with Gasteiger partial charge in [-0.3, -0.25) is 4.79 Å². The molecule has 1 heterocycles. The van der Waals surface area contributed by atoms with Crippen LogP contribution in [0.5, 0.6) is 5.88 Å².